The van der Waals surface area contributed by atoms with Gasteiger partial charge in [0.25, 0.3) is 0 Å². The van der Waals surface area contributed by atoms with Gasteiger partial charge in [-0.2, -0.15) is 0 Å². The summed E-state index contributed by atoms with van der Waals surface area (Å²) in [5.41, 5.74) is 3.53. The maximum absolute atomic E-state index is 13.7. The number of allylic oxidation sites excluding steroid dienone is 4. The van der Waals surface area contributed by atoms with Gasteiger partial charge in [-0.05, 0) is 112 Å². The van der Waals surface area contributed by atoms with Crippen molar-refractivity contribution in [2.75, 3.05) is 26.2 Å². The number of ketones is 1. The standard InChI is InChI=1S/C28H42N2O/c1-27-12-10-21(29-14-6-7-15-29)18-20(27)8-9-22-23(27)11-13-28(2)24(22)19-25(26(28)31)30-16-4-3-5-17-30/h8,18,22-25H,3-7,9-17,19H2,1-2H3/t22-,23+,24+,25+,27+,28+/m1/s1. The molecule has 2 aliphatic heterocycles. The fraction of sp³-hybridized carbons (Fsp3) is 0.821. The van der Waals surface area contributed by atoms with Crippen LogP contribution in [-0.2, 0) is 4.79 Å². The first kappa shape index (κ1) is 20.5. The summed E-state index contributed by atoms with van der Waals surface area (Å²) in [6, 6.07) is 0.222. The number of Topliss-reactive ketones (excluding diaryl/α,β-unsaturated/α-hetero) is 1. The lowest BCUT2D eigenvalue weighted by atomic mass is 9.49. The summed E-state index contributed by atoms with van der Waals surface area (Å²) in [4.78, 5) is 18.9. The zero-order chi connectivity index (χ0) is 21.2. The Kier molecular flexibility index (Phi) is 4.94. The monoisotopic (exact) mass is 422 g/mol. The molecule has 2 saturated heterocycles. The number of fused-ring (bicyclic) bond motifs is 5. The molecule has 2 saturated carbocycles. The van der Waals surface area contributed by atoms with Crippen molar-refractivity contribution in [3.8, 4) is 0 Å². The minimum atomic E-state index is -0.0593. The molecule has 0 unspecified atom stereocenters. The normalized spacial score (nSPS) is 45.6. The highest BCUT2D eigenvalue weighted by Gasteiger charge is 2.61. The Labute approximate surface area is 189 Å². The van der Waals surface area contributed by atoms with Crippen LogP contribution >= 0.6 is 0 Å². The van der Waals surface area contributed by atoms with Crippen LogP contribution in [-0.4, -0.2) is 47.8 Å². The third kappa shape index (κ3) is 3.05. The van der Waals surface area contributed by atoms with Gasteiger partial charge >= 0.3 is 0 Å². The van der Waals surface area contributed by atoms with E-state index in [9.17, 15) is 4.79 Å². The minimum Gasteiger partial charge on any atom is -0.375 e. The molecule has 0 amide bonds. The van der Waals surface area contributed by atoms with E-state index in [4.69, 9.17) is 0 Å². The molecule has 2 heterocycles. The average Bonchev–Trinajstić information content (AvgIpc) is 3.41. The van der Waals surface area contributed by atoms with E-state index in [1.54, 1.807) is 11.3 Å². The Morgan fingerprint density at radius 2 is 1.65 bits per heavy atom. The van der Waals surface area contributed by atoms with Gasteiger partial charge in [0.1, 0.15) is 0 Å². The van der Waals surface area contributed by atoms with Gasteiger partial charge in [0, 0.05) is 24.2 Å². The van der Waals surface area contributed by atoms with E-state index in [-0.39, 0.29) is 11.5 Å². The highest BCUT2D eigenvalue weighted by molar-refractivity contribution is 5.92. The summed E-state index contributed by atoms with van der Waals surface area (Å²) in [7, 11) is 0. The Morgan fingerprint density at radius 3 is 2.42 bits per heavy atom. The molecule has 6 aliphatic rings. The van der Waals surface area contributed by atoms with E-state index in [2.05, 4.69) is 35.8 Å². The second-order valence-electron chi connectivity index (χ2n) is 12.2. The van der Waals surface area contributed by atoms with Crippen molar-refractivity contribution in [2.24, 2.45) is 28.6 Å². The SMILES string of the molecule is C[C@]12CCC(N3CCCC3)=CC1=CC[C@@H]1[C@@H]2CC[C@]2(C)C(=O)[C@@H](N3CCCCC3)C[C@@H]12. The van der Waals surface area contributed by atoms with Crippen molar-refractivity contribution in [2.45, 2.75) is 90.5 Å². The van der Waals surface area contributed by atoms with Crippen LogP contribution < -0.4 is 0 Å². The van der Waals surface area contributed by atoms with Crippen LogP contribution in [0.3, 0.4) is 0 Å². The molecule has 170 valence electrons. The Balaban J connectivity index is 1.27. The van der Waals surface area contributed by atoms with Crippen LogP contribution in [0.2, 0.25) is 0 Å². The van der Waals surface area contributed by atoms with Crippen molar-refractivity contribution in [1.29, 1.82) is 0 Å². The van der Waals surface area contributed by atoms with Gasteiger partial charge in [-0.1, -0.05) is 26.3 Å². The number of carbonyl (C=O) groups is 1. The van der Waals surface area contributed by atoms with Crippen molar-refractivity contribution < 1.29 is 4.79 Å². The predicted octanol–water partition coefficient (Wildman–Crippen LogP) is 5.57. The number of likely N-dealkylation sites (tertiary alicyclic amines) is 2. The maximum Gasteiger partial charge on any atom is 0.156 e. The summed E-state index contributed by atoms with van der Waals surface area (Å²) >= 11 is 0. The van der Waals surface area contributed by atoms with Crippen LogP contribution in [0.5, 0.6) is 0 Å². The number of carbonyl (C=O) groups excluding carboxylic acids is 1. The van der Waals surface area contributed by atoms with Gasteiger partial charge < -0.3 is 4.90 Å². The molecule has 0 radical (unpaired) electrons. The van der Waals surface area contributed by atoms with Crippen LogP contribution in [0.25, 0.3) is 0 Å². The van der Waals surface area contributed by atoms with Crippen LogP contribution in [0.1, 0.15) is 84.5 Å². The Hall–Kier alpha value is -1.09. The molecule has 0 spiro atoms. The Morgan fingerprint density at radius 1 is 0.903 bits per heavy atom. The average molecular weight is 423 g/mol. The third-order valence-electron chi connectivity index (χ3n) is 10.8. The molecule has 0 N–H and O–H groups in total. The number of hydrogen-bond acceptors (Lipinski definition) is 3. The molecular weight excluding hydrogens is 380 g/mol. The lowest BCUT2D eigenvalue weighted by Gasteiger charge is -2.56. The maximum atomic E-state index is 13.7. The Bertz CT molecular complexity index is 802. The highest BCUT2D eigenvalue weighted by atomic mass is 16.1. The van der Waals surface area contributed by atoms with Crippen LogP contribution in [0.15, 0.2) is 23.4 Å². The lowest BCUT2D eigenvalue weighted by molar-refractivity contribution is -0.135. The van der Waals surface area contributed by atoms with E-state index < -0.39 is 0 Å². The molecule has 4 aliphatic carbocycles. The first-order chi connectivity index (χ1) is 15.0. The molecule has 3 nitrogen and oxygen atoms in total. The highest BCUT2D eigenvalue weighted by Crippen LogP contribution is 2.64. The zero-order valence-corrected chi connectivity index (χ0v) is 19.9. The van der Waals surface area contributed by atoms with Gasteiger partial charge in [0.15, 0.2) is 5.78 Å². The van der Waals surface area contributed by atoms with Gasteiger partial charge in [-0.3, -0.25) is 9.69 Å². The first-order valence-electron chi connectivity index (χ1n) is 13.5. The number of rotatable bonds is 2. The van der Waals surface area contributed by atoms with E-state index >= 15 is 0 Å². The smallest absolute Gasteiger partial charge is 0.156 e. The molecule has 31 heavy (non-hydrogen) atoms. The number of nitrogens with zero attached hydrogens (tertiary/aromatic N) is 2. The molecule has 3 heteroatoms. The predicted molar refractivity (Wildman–Crippen MR) is 126 cm³/mol. The molecule has 0 aromatic rings. The number of piperidine rings is 1. The van der Waals surface area contributed by atoms with Crippen LogP contribution in [0.4, 0.5) is 0 Å². The van der Waals surface area contributed by atoms with E-state index in [0.29, 0.717) is 23.0 Å². The van der Waals surface area contributed by atoms with Gasteiger partial charge in [-0.15, -0.1) is 0 Å². The summed E-state index contributed by atoms with van der Waals surface area (Å²) in [5.74, 6) is 2.70. The molecule has 0 aromatic carbocycles. The summed E-state index contributed by atoms with van der Waals surface area (Å²) in [6.45, 7) is 9.77. The minimum absolute atomic E-state index is 0.0593. The van der Waals surface area contributed by atoms with Gasteiger partial charge in [-0.25, -0.2) is 0 Å². The molecular formula is C28H42N2O. The fourth-order valence-electron chi connectivity index (χ4n) is 8.90. The van der Waals surface area contributed by atoms with Crippen molar-refractivity contribution in [3.05, 3.63) is 23.4 Å². The summed E-state index contributed by atoms with van der Waals surface area (Å²) in [6.07, 6.45) is 19.2. The van der Waals surface area contributed by atoms with E-state index in [1.807, 2.05) is 0 Å². The zero-order valence-electron chi connectivity index (χ0n) is 19.9. The molecule has 6 rings (SSSR count). The topological polar surface area (TPSA) is 23.6 Å². The van der Waals surface area contributed by atoms with E-state index in [0.717, 1.165) is 31.8 Å². The summed E-state index contributed by atoms with van der Waals surface area (Å²) in [5, 5.41) is 0. The van der Waals surface area contributed by atoms with Gasteiger partial charge in [0.05, 0.1) is 6.04 Å². The molecule has 6 atom stereocenters. The fourth-order valence-corrected chi connectivity index (χ4v) is 8.90. The molecule has 0 aromatic heterocycles. The first-order valence-corrected chi connectivity index (χ1v) is 13.5. The van der Waals surface area contributed by atoms with Crippen LogP contribution in [0, 0.1) is 28.6 Å². The molecule has 4 fully saturated rings. The summed E-state index contributed by atoms with van der Waals surface area (Å²) < 4.78 is 0. The molecule has 0 bridgehead atoms. The van der Waals surface area contributed by atoms with Gasteiger partial charge in [0.2, 0.25) is 0 Å². The van der Waals surface area contributed by atoms with Crippen molar-refractivity contribution in [1.82, 2.24) is 9.80 Å². The van der Waals surface area contributed by atoms with E-state index in [1.165, 1.54) is 70.9 Å². The van der Waals surface area contributed by atoms with Crippen molar-refractivity contribution in [3.63, 3.8) is 0 Å². The number of hydrogen-bond donors (Lipinski definition) is 0. The second kappa shape index (κ2) is 7.47. The second-order valence-corrected chi connectivity index (χ2v) is 12.2. The third-order valence-corrected chi connectivity index (χ3v) is 10.8. The quantitative estimate of drug-likeness (QED) is 0.581. The van der Waals surface area contributed by atoms with Crippen molar-refractivity contribution >= 4 is 5.78 Å². The lowest BCUT2D eigenvalue weighted by Crippen LogP contribution is -2.50. The largest absolute Gasteiger partial charge is 0.375 e.